The number of benzene rings is 1. The molecule has 0 spiro atoms. The van der Waals surface area contributed by atoms with Crippen LogP contribution in [-0.4, -0.2) is 15.9 Å². The Balaban J connectivity index is 1.87. The molecule has 4 nitrogen and oxygen atoms in total. The minimum absolute atomic E-state index is 0.167. The Morgan fingerprint density at radius 1 is 1.32 bits per heavy atom. The predicted molar refractivity (Wildman–Crippen MR) is 76.5 cm³/mol. The molecule has 3 aromatic rings. The molecule has 3 rings (SSSR count). The number of carbonyl (C=O) groups is 1. The molecule has 0 atom stereocenters. The van der Waals surface area contributed by atoms with Crippen molar-refractivity contribution >= 4 is 33.1 Å². The minimum atomic E-state index is -0.167. The van der Waals surface area contributed by atoms with Gasteiger partial charge in [-0.2, -0.15) is 0 Å². The molecule has 0 radical (unpaired) electrons. The normalized spacial score (nSPS) is 10.6. The van der Waals surface area contributed by atoms with Gasteiger partial charge in [0, 0.05) is 18.1 Å². The van der Waals surface area contributed by atoms with Crippen LogP contribution in [-0.2, 0) is 0 Å². The Morgan fingerprint density at radius 2 is 2.21 bits per heavy atom. The van der Waals surface area contributed by atoms with Crippen LogP contribution in [0.15, 0.2) is 42.7 Å². The second kappa shape index (κ2) is 4.78. The van der Waals surface area contributed by atoms with Gasteiger partial charge in [0.2, 0.25) is 0 Å². The maximum absolute atomic E-state index is 12.0. The molecule has 2 aromatic heterocycles. The quantitative estimate of drug-likeness (QED) is 0.777. The molecule has 0 saturated heterocycles. The van der Waals surface area contributed by atoms with Crippen molar-refractivity contribution in [3.8, 4) is 0 Å². The summed E-state index contributed by atoms with van der Waals surface area (Å²) in [6.07, 6.45) is 3.18. The molecule has 2 heterocycles. The number of aryl methyl sites for hydroxylation is 1. The Morgan fingerprint density at radius 3 is 3.00 bits per heavy atom. The smallest absolute Gasteiger partial charge is 0.257 e. The SMILES string of the molecule is Cc1nc2cc(NC(=O)c3cccnc3)ccc2s1. The molecule has 0 unspecified atom stereocenters. The number of amides is 1. The summed E-state index contributed by atoms with van der Waals surface area (Å²) in [5.74, 6) is -0.167. The van der Waals surface area contributed by atoms with E-state index in [1.54, 1.807) is 35.9 Å². The number of pyridine rings is 1. The van der Waals surface area contributed by atoms with Crippen molar-refractivity contribution in [1.82, 2.24) is 9.97 Å². The molecular weight excluding hydrogens is 258 g/mol. The number of carbonyl (C=O) groups excluding carboxylic acids is 1. The van der Waals surface area contributed by atoms with Gasteiger partial charge < -0.3 is 5.32 Å². The van der Waals surface area contributed by atoms with E-state index < -0.39 is 0 Å². The summed E-state index contributed by atoms with van der Waals surface area (Å²) in [5, 5.41) is 3.86. The summed E-state index contributed by atoms with van der Waals surface area (Å²) >= 11 is 1.64. The molecule has 19 heavy (non-hydrogen) atoms. The van der Waals surface area contributed by atoms with E-state index in [9.17, 15) is 4.79 Å². The number of hydrogen-bond acceptors (Lipinski definition) is 4. The van der Waals surface area contributed by atoms with Crippen molar-refractivity contribution in [2.24, 2.45) is 0 Å². The van der Waals surface area contributed by atoms with Gasteiger partial charge in [-0.05, 0) is 37.3 Å². The van der Waals surface area contributed by atoms with Crippen molar-refractivity contribution < 1.29 is 4.79 Å². The second-order valence-corrected chi connectivity index (χ2v) is 5.35. The van der Waals surface area contributed by atoms with Crippen LogP contribution in [0.4, 0.5) is 5.69 Å². The molecule has 0 bridgehead atoms. The van der Waals surface area contributed by atoms with Gasteiger partial charge in [-0.3, -0.25) is 9.78 Å². The zero-order chi connectivity index (χ0) is 13.2. The fourth-order valence-corrected chi connectivity index (χ4v) is 2.63. The number of hydrogen-bond donors (Lipinski definition) is 1. The summed E-state index contributed by atoms with van der Waals surface area (Å²) < 4.78 is 1.12. The molecule has 1 amide bonds. The zero-order valence-corrected chi connectivity index (χ0v) is 11.1. The highest BCUT2D eigenvalue weighted by Crippen LogP contribution is 2.24. The van der Waals surface area contributed by atoms with Crippen molar-refractivity contribution in [2.45, 2.75) is 6.92 Å². The van der Waals surface area contributed by atoms with Gasteiger partial charge in [-0.25, -0.2) is 4.98 Å². The van der Waals surface area contributed by atoms with Crippen molar-refractivity contribution in [3.05, 3.63) is 53.3 Å². The lowest BCUT2D eigenvalue weighted by Crippen LogP contribution is -2.11. The topological polar surface area (TPSA) is 54.9 Å². The number of rotatable bonds is 2. The fourth-order valence-electron chi connectivity index (χ4n) is 1.82. The third kappa shape index (κ3) is 2.46. The van der Waals surface area contributed by atoms with Crippen LogP contribution in [0.5, 0.6) is 0 Å². The number of fused-ring (bicyclic) bond motifs is 1. The van der Waals surface area contributed by atoms with Gasteiger partial charge in [0.25, 0.3) is 5.91 Å². The average molecular weight is 269 g/mol. The van der Waals surface area contributed by atoms with E-state index in [2.05, 4.69) is 15.3 Å². The van der Waals surface area contributed by atoms with Gasteiger partial charge in [0.05, 0.1) is 20.8 Å². The largest absolute Gasteiger partial charge is 0.322 e. The maximum Gasteiger partial charge on any atom is 0.257 e. The molecule has 0 fully saturated rings. The van der Waals surface area contributed by atoms with E-state index in [0.717, 1.165) is 20.9 Å². The molecule has 1 aromatic carbocycles. The van der Waals surface area contributed by atoms with Crippen LogP contribution in [0.25, 0.3) is 10.2 Å². The van der Waals surface area contributed by atoms with E-state index in [0.29, 0.717) is 5.56 Å². The van der Waals surface area contributed by atoms with Gasteiger partial charge in [-0.1, -0.05) is 0 Å². The number of anilines is 1. The van der Waals surface area contributed by atoms with Crippen LogP contribution in [0, 0.1) is 6.92 Å². The Kier molecular flexibility index (Phi) is 2.97. The molecule has 0 aliphatic heterocycles. The Hall–Kier alpha value is -2.27. The lowest BCUT2D eigenvalue weighted by Gasteiger charge is -2.04. The number of nitrogens with zero attached hydrogens (tertiary/aromatic N) is 2. The molecule has 0 aliphatic carbocycles. The van der Waals surface area contributed by atoms with Crippen LogP contribution in [0.3, 0.4) is 0 Å². The first-order valence-corrected chi connectivity index (χ1v) is 6.62. The highest BCUT2D eigenvalue weighted by Gasteiger charge is 2.07. The second-order valence-electron chi connectivity index (χ2n) is 4.11. The van der Waals surface area contributed by atoms with E-state index in [1.807, 2.05) is 25.1 Å². The summed E-state index contributed by atoms with van der Waals surface area (Å²) in [4.78, 5) is 20.3. The van der Waals surface area contributed by atoms with Crippen molar-refractivity contribution in [3.63, 3.8) is 0 Å². The van der Waals surface area contributed by atoms with E-state index in [-0.39, 0.29) is 5.91 Å². The number of nitrogens with one attached hydrogen (secondary N) is 1. The van der Waals surface area contributed by atoms with Gasteiger partial charge in [-0.15, -0.1) is 11.3 Å². The van der Waals surface area contributed by atoms with Crippen molar-refractivity contribution in [2.75, 3.05) is 5.32 Å². The lowest BCUT2D eigenvalue weighted by atomic mass is 10.2. The summed E-state index contributed by atoms with van der Waals surface area (Å²) in [7, 11) is 0. The van der Waals surface area contributed by atoms with Crippen LogP contribution in [0.1, 0.15) is 15.4 Å². The van der Waals surface area contributed by atoms with E-state index in [4.69, 9.17) is 0 Å². The van der Waals surface area contributed by atoms with E-state index >= 15 is 0 Å². The number of thiazole rings is 1. The standard InChI is InChI=1S/C14H11N3OS/c1-9-16-12-7-11(4-5-13(12)19-9)17-14(18)10-3-2-6-15-8-10/h2-8H,1H3,(H,17,18). The highest BCUT2D eigenvalue weighted by atomic mass is 32.1. The first kappa shape index (κ1) is 11.8. The third-order valence-electron chi connectivity index (χ3n) is 2.68. The number of aromatic nitrogens is 2. The highest BCUT2D eigenvalue weighted by molar-refractivity contribution is 7.18. The molecule has 0 aliphatic rings. The van der Waals surface area contributed by atoms with Gasteiger partial charge in [0.1, 0.15) is 0 Å². The molecule has 0 saturated carbocycles. The fraction of sp³-hybridized carbons (Fsp3) is 0.0714. The van der Waals surface area contributed by atoms with Crippen LogP contribution in [0.2, 0.25) is 0 Å². The summed E-state index contributed by atoms with van der Waals surface area (Å²) in [5.41, 5.74) is 2.19. The first-order valence-electron chi connectivity index (χ1n) is 5.81. The van der Waals surface area contributed by atoms with Gasteiger partial charge in [0.15, 0.2) is 0 Å². The van der Waals surface area contributed by atoms with Crippen LogP contribution < -0.4 is 5.32 Å². The Labute approximate surface area is 114 Å². The zero-order valence-electron chi connectivity index (χ0n) is 10.3. The Bertz CT molecular complexity index is 737. The monoisotopic (exact) mass is 269 g/mol. The van der Waals surface area contributed by atoms with Crippen molar-refractivity contribution in [1.29, 1.82) is 0 Å². The van der Waals surface area contributed by atoms with Crippen LogP contribution >= 0.6 is 11.3 Å². The average Bonchev–Trinajstić information content (AvgIpc) is 2.79. The van der Waals surface area contributed by atoms with E-state index in [1.165, 1.54) is 0 Å². The lowest BCUT2D eigenvalue weighted by molar-refractivity contribution is 0.102. The predicted octanol–water partition coefficient (Wildman–Crippen LogP) is 3.25. The molecule has 1 N–H and O–H groups in total. The molecule has 5 heteroatoms. The molecule has 94 valence electrons. The minimum Gasteiger partial charge on any atom is -0.322 e. The summed E-state index contributed by atoms with van der Waals surface area (Å²) in [6, 6.07) is 9.20. The maximum atomic E-state index is 12.0. The molecular formula is C14H11N3OS. The third-order valence-corrected chi connectivity index (χ3v) is 3.63. The summed E-state index contributed by atoms with van der Waals surface area (Å²) in [6.45, 7) is 1.97. The first-order chi connectivity index (χ1) is 9.22. The van der Waals surface area contributed by atoms with Gasteiger partial charge >= 0.3 is 0 Å².